The van der Waals surface area contributed by atoms with Crippen molar-refractivity contribution in [3.05, 3.63) is 28.8 Å². The molecule has 2 rings (SSSR count). The largest absolute Gasteiger partial charge is 0.424 e. The highest BCUT2D eigenvalue weighted by molar-refractivity contribution is 5.87. The van der Waals surface area contributed by atoms with Crippen molar-refractivity contribution < 1.29 is 9.53 Å². The molecule has 78 valence electrons. The molecule has 2 aromatic heterocycles. The number of pyridine rings is 1. The fraction of sp³-hybridized carbons (Fsp3) is 0.200. The molecule has 0 fully saturated rings. The Hall–Kier alpha value is -2.04. The van der Waals surface area contributed by atoms with Gasteiger partial charge in [0.1, 0.15) is 5.39 Å². The second-order valence-electron chi connectivity index (χ2n) is 3.08. The Kier molecular flexibility index (Phi) is 2.29. The summed E-state index contributed by atoms with van der Waals surface area (Å²) in [5, 5.41) is 0.374. The normalized spacial score (nSPS) is 10.5. The lowest BCUT2D eigenvalue weighted by molar-refractivity contribution is -0.133. The molecule has 2 N–H and O–H groups in total. The van der Waals surface area contributed by atoms with Crippen molar-refractivity contribution in [2.24, 2.45) is 0 Å². The van der Waals surface area contributed by atoms with Gasteiger partial charge in [0.05, 0.1) is 5.52 Å². The third-order valence-corrected chi connectivity index (χ3v) is 2.08. The molecule has 15 heavy (non-hydrogen) atoms. The van der Waals surface area contributed by atoms with Crippen molar-refractivity contribution in [2.75, 3.05) is 0 Å². The van der Waals surface area contributed by atoms with E-state index >= 15 is 0 Å². The van der Waals surface area contributed by atoms with Crippen molar-refractivity contribution in [1.29, 1.82) is 0 Å². The zero-order valence-corrected chi connectivity index (χ0v) is 8.16. The lowest BCUT2D eigenvalue weighted by atomic mass is 10.3. The second kappa shape index (κ2) is 3.61. The fourth-order valence-corrected chi connectivity index (χ4v) is 1.33. The molecule has 0 aromatic carbocycles. The van der Waals surface area contributed by atoms with Gasteiger partial charge in [-0.2, -0.15) is 0 Å². The van der Waals surface area contributed by atoms with Gasteiger partial charge in [-0.3, -0.25) is 9.59 Å². The maximum absolute atomic E-state index is 11.5. The zero-order valence-electron chi connectivity index (χ0n) is 8.16. The molecule has 5 heteroatoms. The maximum atomic E-state index is 11.5. The van der Waals surface area contributed by atoms with Gasteiger partial charge in [-0.25, -0.2) is 0 Å². The van der Waals surface area contributed by atoms with E-state index in [1.54, 1.807) is 13.0 Å². The molecule has 2 heterocycles. The van der Waals surface area contributed by atoms with E-state index in [4.69, 9.17) is 4.74 Å². The predicted octanol–water partition coefficient (Wildman–Crippen LogP) is 1.17. The highest BCUT2D eigenvalue weighted by atomic mass is 16.5. The van der Waals surface area contributed by atoms with Gasteiger partial charge in [-0.15, -0.1) is 0 Å². The van der Waals surface area contributed by atoms with E-state index in [0.29, 0.717) is 10.9 Å². The molecular formula is C10H10N2O3. The third-order valence-electron chi connectivity index (χ3n) is 2.08. The number of nitrogens with one attached hydrogen (secondary N) is 2. The molecule has 0 aliphatic rings. The third kappa shape index (κ3) is 1.63. The van der Waals surface area contributed by atoms with Crippen LogP contribution in [-0.2, 0) is 4.79 Å². The van der Waals surface area contributed by atoms with E-state index in [1.807, 2.05) is 0 Å². The summed E-state index contributed by atoms with van der Waals surface area (Å²) in [7, 11) is 0. The Morgan fingerprint density at radius 2 is 2.27 bits per heavy atom. The number of hydrogen-bond donors (Lipinski definition) is 2. The average Bonchev–Trinajstić information content (AvgIpc) is 2.63. The van der Waals surface area contributed by atoms with Crippen LogP contribution in [0.2, 0.25) is 0 Å². The monoisotopic (exact) mass is 206 g/mol. The van der Waals surface area contributed by atoms with Gasteiger partial charge in [-0.05, 0) is 6.07 Å². The highest BCUT2D eigenvalue weighted by Gasteiger charge is 2.10. The highest BCUT2D eigenvalue weighted by Crippen LogP contribution is 2.21. The first-order chi connectivity index (χ1) is 7.22. The van der Waals surface area contributed by atoms with Crippen molar-refractivity contribution in [1.82, 2.24) is 9.97 Å². The Balaban J connectivity index is 2.53. The molecule has 0 bridgehead atoms. The van der Waals surface area contributed by atoms with Gasteiger partial charge in [-0.1, -0.05) is 6.92 Å². The van der Waals surface area contributed by atoms with Gasteiger partial charge >= 0.3 is 5.97 Å². The number of rotatable bonds is 2. The fourth-order valence-electron chi connectivity index (χ4n) is 1.33. The number of carbonyl (C=O) groups excluding carboxylic acids is 1. The van der Waals surface area contributed by atoms with E-state index in [-0.39, 0.29) is 23.7 Å². The lowest BCUT2D eigenvalue weighted by Crippen LogP contribution is -2.09. The first-order valence-electron chi connectivity index (χ1n) is 4.62. The Bertz CT molecular complexity index is 553. The summed E-state index contributed by atoms with van der Waals surface area (Å²) < 4.78 is 5.01. The smallest absolute Gasteiger partial charge is 0.310 e. The first-order valence-corrected chi connectivity index (χ1v) is 4.62. The second-order valence-corrected chi connectivity index (χ2v) is 3.08. The number of aromatic nitrogens is 2. The number of ether oxygens (including phenoxy) is 1. The van der Waals surface area contributed by atoms with Crippen LogP contribution in [0.1, 0.15) is 13.3 Å². The van der Waals surface area contributed by atoms with Crippen molar-refractivity contribution in [2.45, 2.75) is 13.3 Å². The van der Waals surface area contributed by atoms with Crippen LogP contribution in [0.3, 0.4) is 0 Å². The van der Waals surface area contributed by atoms with Crippen molar-refractivity contribution >= 4 is 16.9 Å². The van der Waals surface area contributed by atoms with Crippen LogP contribution in [0.15, 0.2) is 23.3 Å². The Labute approximate surface area is 85.1 Å². The van der Waals surface area contributed by atoms with E-state index in [2.05, 4.69) is 9.97 Å². The molecule has 0 amide bonds. The molecular weight excluding hydrogens is 196 g/mol. The first kappa shape index (κ1) is 9.51. The molecule has 0 saturated heterocycles. The minimum atomic E-state index is -0.362. The summed E-state index contributed by atoms with van der Waals surface area (Å²) >= 11 is 0. The van der Waals surface area contributed by atoms with Gasteiger partial charge < -0.3 is 14.7 Å². The van der Waals surface area contributed by atoms with Crippen LogP contribution >= 0.6 is 0 Å². The minimum absolute atomic E-state index is 0.271. The minimum Gasteiger partial charge on any atom is -0.424 e. The van der Waals surface area contributed by atoms with E-state index in [1.165, 1.54) is 12.4 Å². The van der Waals surface area contributed by atoms with Crippen LogP contribution in [0.5, 0.6) is 5.75 Å². The lowest BCUT2D eigenvalue weighted by Gasteiger charge is -1.98. The van der Waals surface area contributed by atoms with E-state index < -0.39 is 0 Å². The summed E-state index contributed by atoms with van der Waals surface area (Å²) in [6, 6.07) is 1.71. The summed E-state index contributed by atoms with van der Waals surface area (Å²) in [4.78, 5) is 27.9. The van der Waals surface area contributed by atoms with Gasteiger partial charge in [0.25, 0.3) is 5.56 Å². The number of fused-ring (bicyclic) bond motifs is 1. The molecule has 0 aliphatic carbocycles. The van der Waals surface area contributed by atoms with E-state index in [0.717, 1.165) is 0 Å². The van der Waals surface area contributed by atoms with Crippen LogP contribution in [-0.4, -0.2) is 15.9 Å². The predicted molar refractivity (Wildman–Crippen MR) is 54.8 cm³/mol. The molecule has 0 saturated carbocycles. The van der Waals surface area contributed by atoms with Gasteiger partial charge in [0, 0.05) is 18.8 Å². The van der Waals surface area contributed by atoms with Crippen LogP contribution < -0.4 is 10.3 Å². The number of esters is 1. The van der Waals surface area contributed by atoms with Crippen LogP contribution in [0.4, 0.5) is 0 Å². The summed E-state index contributed by atoms with van der Waals surface area (Å²) in [5.41, 5.74) is 0.380. The maximum Gasteiger partial charge on any atom is 0.310 e. The number of carbonyl (C=O) groups is 1. The zero-order chi connectivity index (χ0) is 10.8. The number of hydrogen-bond acceptors (Lipinski definition) is 3. The number of aromatic amines is 2. The van der Waals surface area contributed by atoms with Crippen molar-refractivity contribution in [3.63, 3.8) is 0 Å². The molecule has 5 nitrogen and oxygen atoms in total. The standard InChI is InChI=1S/C10H10N2O3/c1-2-8(13)15-7-5-12-6-3-4-11-10(14)9(6)7/h3-5,12H,2H2,1H3,(H,11,14). The number of H-pyrrole nitrogens is 2. The Morgan fingerprint density at radius 1 is 1.47 bits per heavy atom. The quantitative estimate of drug-likeness (QED) is 0.724. The Morgan fingerprint density at radius 3 is 3.00 bits per heavy atom. The van der Waals surface area contributed by atoms with Crippen LogP contribution in [0, 0.1) is 0 Å². The van der Waals surface area contributed by atoms with Crippen molar-refractivity contribution in [3.8, 4) is 5.75 Å². The average molecular weight is 206 g/mol. The van der Waals surface area contributed by atoms with Gasteiger partial charge in [0.2, 0.25) is 0 Å². The topological polar surface area (TPSA) is 75.0 Å². The molecule has 0 radical (unpaired) electrons. The summed E-state index contributed by atoms with van der Waals surface area (Å²) in [6.07, 6.45) is 3.32. The molecule has 2 aromatic rings. The van der Waals surface area contributed by atoms with E-state index in [9.17, 15) is 9.59 Å². The molecule has 0 atom stereocenters. The molecule has 0 aliphatic heterocycles. The summed E-state index contributed by atoms with van der Waals surface area (Å²) in [5.74, 6) is -0.0853. The molecule has 0 unspecified atom stereocenters. The molecule has 0 spiro atoms. The summed E-state index contributed by atoms with van der Waals surface area (Å²) in [6.45, 7) is 1.70. The van der Waals surface area contributed by atoms with Gasteiger partial charge in [0.15, 0.2) is 5.75 Å². The van der Waals surface area contributed by atoms with Crippen LogP contribution in [0.25, 0.3) is 10.9 Å². The SMILES string of the molecule is CCC(=O)Oc1c[nH]c2cc[nH]c(=O)c12.